The summed E-state index contributed by atoms with van der Waals surface area (Å²) < 4.78 is 5.07. The zero-order chi connectivity index (χ0) is 53.8. The fourth-order valence-corrected chi connectivity index (χ4v) is 17.0. The van der Waals surface area contributed by atoms with Crippen LogP contribution in [-0.4, -0.2) is 15.1 Å². The monoisotopic (exact) mass is 1330 g/mol. The van der Waals surface area contributed by atoms with Gasteiger partial charge in [-0.25, -0.2) is 11.1 Å². The molecule has 388 valence electrons. The Bertz CT molecular complexity index is 4890. The molecule has 0 spiro atoms. The van der Waals surface area contributed by atoms with E-state index >= 15 is 0 Å². The van der Waals surface area contributed by atoms with E-state index in [0.717, 1.165) is 16.8 Å². The van der Waals surface area contributed by atoms with E-state index in [2.05, 4.69) is 272 Å². The molecule has 13 aromatic rings. The van der Waals surface area contributed by atoms with Crippen LogP contribution in [0.1, 0.15) is 34.1 Å². The maximum Gasteiger partial charge on any atom is 2.00 e. The summed E-state index contributed by atoms with van der Waals surface area (Å²) in [6, 6.07) is 94.6. The van der Waals surface area contributed by atoms with E-state index in [1.54, 1.807) is 0 Å². The quantitative estimate of drug-likeness (QED) is 0.140. The maximum absolute atomic E-state index is 3.51. The number of thioether (sulfide) groups is 2. The van der Waals surface area contributed by atoms with Crippen molar-refractivity contribution in [1.29, 1.82) is 0 Å². The van der Waals surface area contributed by atoms with Gasteiger partial charge >= 0.3 is 31.1 Å². The molecule has 11 aromatic carbocycles. The molecule has 2 aliphatic heterocycles. The molecule has 17 rings (SSSR count). The number of benzene rings is 11. The smallest absolute Gasteiger partial charge is 0.309 e. The number of aromatic nitrogens is 1. The molecule has 0 amide bonds. The van der Waals surface area contributed by atoms with Crippen LogP contribution < -0.4 is 0 Å². The Morgan fingerprint density at radius 3 is 1.65 bits per heavy atom. The van der Waals surface area contributed by atoms with E-state index in [1.807, 2.05) is 53.1 Å². The van der Waals surface area contributed by atoms with E-state index in [9.17, 15) is 0 Å². The first-order valence-corrected chi connectivity index (χ1v) is 30.8. The molecular formula is C78H49NS3U. The van der Waals surface area contributed by atoms with Gasteiger partial charge in [0, 0.05) is 68.8 Å². The zero-order valence-electron chi connectivity index (χ0n) is 45.0. The third kappa shape index (κ3) is 8.82. The van der Waals surface area contributed by atoms with Crippen LogP contribution in [0.15, 0.2) is 283 Å². The molecule has 4 aliphatic rings. The average molecular weight is 1330 g/mol. The van der Waals surface area contributed by atoms with Crippen LogP contribution >= 0.6 is 34.9 Å². The van der Waals surface area contributed by atoms with Gasteiger partial charge in [-0.15, -0.1) is 58.6 Å². The summed E-state index contributed by atoms with van der Waals surface area (Å²) in [5.74, 6) is 0.665. The molecule has 0 saturated heterocycles. The Labute approximate surface area is 519 Å². The predicted octanol–water partition coefficient (Wildman–Crippen LogP) is 21.5. The Morgan fingerprint density at radius 2 is 0.916 bits per heavy atom. The summed E-state index contributed by atoms with van der Waals surface area (Å²) >= 11 is 5.85. The second-order valence-corrected chi connectivity index (χ2v) is 25.5. The summed E-state index contributed by atoms with van der Waals surface area (Å²) in [6.45, 7) is 0. The van der Waals surface area contributed by atoms with Crippen molar-refractivity contribution in [2.45, 2.75) is 32.1 Å². The molecule has 4 heterocycles. The molecule has 5 heteroatoms. The Kier molecular flexibility index (Phi) is 12.7. The van der Waals surface area contributed by atoms with E-state index in [1.165, 1.54) is 130 Å². The van der Waals surface area contributed by atoms with Gasteiger partial charge < -0.3 is 4.57 Å². The van der Waals surface area contributed by atoms with Crippen LogP contribution in [0.3, 0.4) is 0 Å². The molecule has 83 heavy (non-hydrogen) atoms. The van der Waals surface area contributed by atoms with E-state index in [4.69, 9.17) is 0 Å². The number of hydrogen-bond donors (Lipinski definition) is 0. The number of nitrogens with zero attached hydrogens (tertiary/aromatic N) is 1. The molecule has 1 nitrogen and oxygen atoms in total. The van der Waals surface area contributed by atoms with Crippen molar-refractivity contribution < 1.29 is 31.1 Å². The van der Waals surface area contributed by atoms with Crippen LogP contribution in [0.2, 0.25) is 0 Å². The SMILES string of the molecule is [U+2].[c-]1ccccc1-c1[c-]cccc1-c1ccc2sc3ccc(C4=CC5c6cc(-c7ccc(-c8ccc9c(c8)c8cc(C%10=CC%11c%12ccccc%12SC%11C=C%10)ccc8n9-c8cccc(-c9ccccc9)c8)cc7)ccc6SC5C=C4)cc3c2c1. The van der Waals surface area contributed by atoms with Crippen LogP contribution in [0.5, 0.6) is 0 Å². The first kappa shape index (κ1) is 50.8. The molecule has 2 aromatic heterocycles. The summed E-state index contributed by atoms with van der Waals surface area (Å²) in [7, 11) is 0. The minimum atomic E-state index is 0. The number of fused-ring (bicyclic) bond motifs is 12. The molecular weight excluding hydrogens is 1290 g/mol. The first-order valence-electron chi connectivity index (χ1n) is 28.2. The van der Waals surface area contributed by atoms with Crippen molar-refractivity contribution in [1.82, 2.24) is 4.57 Å². The number of hydrogen-bond acceptors (Lipinski definition) is 3. The number of thiophene rings is 1. The fourth-order valence-electron chi connectivity index (χ4n) is 13.3. The van der Waals surface area contributed by atoms with Gasteiger partial charge in [-0.2, -0.15) is 36.4 Å². The average Bonchev–Trinajstić information content (AvgIpc) is 4.52. The van der Waals surface area contributed by atoms with Gasteiger partial charge in [0.05, 0.1) is 11.0 Å². The fraction of sp³-hybridized carbons (Fsp3) is 0.0513. The molecule has 4 unspecified atom stereocenters. The van der Waals surface area contributed by atoms with Crippen molar-refractivity contribution in [3.8, 4) is 61.3 Å². The Hall–Kier alpha value is -7.85. The van der Waals surface area contributed by atoms with Gasteiger partial charge in [0.2, 0.25) is 0 Å². The van der Waals surface area contributed by atoms with Crippen molar-refractivity contribution >= 4 is 88.0 Å². The van der Waals surface area contributed by atoms with Gasteiger partial charge in [-0.05, 0) is 140 Å². The Morgan fingerprint density at radius 1 is 0.373 bits per heavy atom. The predicted molar refractivity (Wildman–Crippen MR) is 350 cm³/mol. The van der Waals surface area contributed by atoms with Crippen molar-refractivity contribution in [3.05, 3.63) is 307 Å². The van der Waals surface area contributed by atoms with E-state index < -0.39 is 0 Å². The van der Waals surface area contributed by atoms with Crippen LogP contribution in [0.4, 0.5) is 0 Å². The Balaban J connectivity index is 0.00000565. The van der Waals surface area contributed by atoms with Crippen molar-refractivity contribution in [2.75, 3.05) is 0 Å². The molecule has 0 bridgehead atoms. The summed E-state index contributed by atoms with van der Waals surface area (Å²) in [4.78, 5) is 2.78. The van der Waals surface area contributed by atoms with Crippen LogP contribution in [0.25, 0.3) is 114 Å². The van der Waals surface area contributed by atoms with Gasteiger partial charge in [0.25, 0.3) is 0 Å². The van der Waals surface area contributed by atoms with Crippen molar-refractivity contribution in [2.24, 2.45) is 0 Å². The summed E-state index contributed by atoms with van der Waals surface area (Å²) in [5, 5.41) is 5.92. The zero-order valence-corrected chi connectivity index (χ0v) is 51.6. The molecule has 0 fully saturated rings. The van der Waals surface area contributed by atoms with E-state index in [0.29, 0.717) is 22.3 Å². The van der Waals surface area contributed by atoms with Crippen LogP contribution in [-0.2, 0) is 0 Å². The second-order valence-electron chi connectivity index (χ2n) is 22.0. The molecule has 4 atom stereocenters. The van der Waals surface area contributed by atoms with Gasteiger partial charge in [-0.3, -0.25) is 0 Å². The van der Waals surface area contributed by atoms with Crippen LogP contribution in [0, 0.1) is 43.2 Å². The standard InChI is InChI=1S/C78H49NS3.U/c1-3-12-48(13-4-1)52-16-11-17-60(40-52)79-71-33-26-53(41-64(71)65-42-55(27-34-72(65)79)56-29-36-74-66(44-56)63-20-9-10-21-73(63)80-74)49-22-24-50(25-23-49)54-28-35-75-67(43-54)68-45-57(30-37-76(68)81-75)58-31-38-77-69(46-58)70-47-59(32-39-78(70)82-77)62-19-8-7-18-61(62)51-14-5-2-6-15-51;/h1-14,16-17,19-47,66,68,74,76H;/q-2;+2. The molecule has 0 saturated carbocycles. The normalized spacial score (nSPS) is 17.5. The maximum atomic E-state index is 3.51. The third-order valence-corrected chi connectivity index (χ3v) is 21.2. The van der Waals surface area contributed by atoms with E-state index in [-0.39, 0.29) is 31.1 Å². The third-order valence-electron chi connectivity index (χ3n) is 17.3. The molecule has 0 radical (unpaired) electrons. The molecule has 0 N–H and O–H groups in total. The molecule has 2 aliphatic carbocycles. The number of rotatable bonds is 8. The largest absolute Gasteiger partial charge is 2.00 e. The van der Waals surface area contributed by atoms with Crippen molar-refractivity contribution in [3.63, 3.8) is 0 Å². The van der Waals surface area contributed by atoms with Gasteiger partial charge in [-0.1, -0.05) is 163 Å². The minimum absolute atomic E-state index is 0. The topological polar surface area (TPSA) is 4.93 Å². The summed E-state index contributed by atoms with van der Waals surface area (Å²) in [5.41, 5.74) is 23.3. The second kappa shape index (κ2) is 20.8. The van der Waals surface area contributed by atoms with Gasteiger partial charge in [0.15, 0.2) is 0 Å². The minimum Gasteiger partial charge on any atom is -0.309 e. The van der Waals surface area contributed by atoms with Gasteiger partial charge in [0.1, 0.15) is 0 Å². The number of allylic oxidation sites excluding steroid dienone is 6. The summed E-state index contributed by atoms with van der Waals surface area (Å²) in [6.07, 6.45) is 14.6. The first-order chi connectivity index (χ1) is 40.6.